The van der Waals surface area contributed by atoms with Crippen molar-refractivity contribution in [2.24, 2.45) is 5.73 Å². The lowest BCUT2D eigenvalue weighted by atomic mass is 9.87. The van der Waals surface area contributed by atoms with E-state index in [4.69, 9.17) is 5.73 Å². The summed E-state index contributed by atoms with van der Waals surface area (Å²) >= 11 is 0. The van der Waals surface area contributed by atoms with Crippen LogP contribution in [0.3, 0.4) is 0 Å². The molecule has 0 spiro atoms. The molecule has 19 heavy (non-hydrogen) atoms. The second-order valence-electron chi connectivity index (χ2n) is 5.29. The third-order valence-corrected chi connectivity index (χ3v) is 3.94. The lowest BCUT2D eigenvalue weighted by Gasteiger charge is -2.17. The van der Waals surface area contributed by atoms with E-state index in [0.717, 1.165) is 12.0 Å². The van der Waals surface area contributed by atoms with E-state index in [9.17, 15) is 4.79 Å². The molecule has 0 unspecified atom stereocenters. The summed E-state index contributed by atoms with van der Waals surface area (Å²) in [7, 11) is 0. The van der Waals surface area contributed by atoms with Gasteiger partial charge in [-0.1, -0.05) is 42.5 Å². The first-order chi connectivity index (χ1) is 9.20. The molecular weight excluding hydrogens is 234 g/mol. The first kappa shape index (κ1) is 10.6. The molecule has 3 bridgehead atoms. The lowest BCUT2D eigenvalue weighted by Crippen LogP contribution is -2.13. The van der Waals surface area contributed by atoms with E-state index >= 15 is 0 Å². The van der Waals surface area contributed by atoms with Gasteiger partial charge in [0.15, 0.2) is 0 Å². The Hall–Kier alpha value is -2.35. The van der Waals surface area contributed by atoms with Crippen molar-refractivity contribution >= 4 is 27.5 Å². The highest BCUT2D eigenvalue weighted by Gasteiger charge is 2.13. The highest BCUT2D eigenvalue weighted by atomic mass is 16.1. The van der Waals surface area contributed by atoms with E-state index < -0.39 is 0 Å². The summed E-state index contributed by atoms with van der Waals surface area (Å²) in [4.78, 5) is 11.1. The van der Waals surface area contributed by atoms with E-state index in [1.54, 1.807) is 0 Å². The van der Waals surface area contributed by atoms with Gasteiger partial charge in [0, 0.05) is 0 Å². The van der Waals surface area contributed by atoms with E-state index in [1.165, 1.54) is 32.7 Å². The van der Waals surface area contributed by atoms with Crippen molar-refractivity contribution in [3.63, 3.8) is 0 Å². The Morgan fingerprint density at radius 3 is 2.68 bits per heavy atom. The Morgan fingerprint density at radius 2 is 1.84 bits per heavy atom. The minimum absolute atomic E-state index is 0.280. The normalized spacial score (nSPS) is 12.6. The maximum atomic E-state index is 11.1. The Morgan fingerprint density at radius 1 is 1.00 bits per heavy atom. The zero-order valence-electron chi connectivity index (χ0n) is 10.4. The fraction of sp³-hybridized carbons (Fsp3) is 0.118. The van der Waals surface area contributed by atoms with Gasteiger partial charge in [0.2, 0.25) is 5.91 Å². The van der Waals surface area contributed by atoms with Crippen molar-refractivity contribution in [2.45, 2.75) is 12.8 Å². The van der Waals surface area contributed by atoms with Crippen LogP contribution in [-0.2, 0) is 17.6 Å². The minimum Gasteiger partial charge on any atom is -0.369 e. The number of fused-ring (bicyclic) bond motifs is 5. The fourth-order valence-electron chi connectivity index (χ4n) is 3.12. The number of carbonyl (C=O) groups excluding carboxylic acids is 1. The monoisotopic (exact) mass is 247 g/mol. The van der Waals surface area contributed by atoms with Crippen molar-refractivity contribution < 1.29 is 4.79 Å². The van der Waals surface area contributed by atoms with Gasteiger partial charge >= 0.3 is 0 Å². The number of benzene rings is 3. The summed E-state index contributed by atoms with van der Waals surface area (Å²) in [5.74, 6) is -0.280. The van der Waals surface area contributed by atoms with Crippen molar-refractivity contribution in [2.75, 3.05) is 0 Å². The van der Waals surface area contributed by atoms with E-state index in [0.29, 0.717) is 6.42 Å². The quantitative estimate of drug-likeness (QED) is 0.544. The molecule has 0 atom stereocenters. The smallest absolute Gasteiger partial charge is 0.221 e. The summed E-state index contributed by atoms with van der Waals surface area (Å²) in [6.07, 6.45) is 1.28. The second-order valence-corrected chi connectivity index (χ2v) is 5.29. The molecule has 3 aromatic rings. The van der Waals surface area contributed by atoms with Gasteiger partial charge in [-0.15, -0.1) is 0 Å². The minimum atomic E-state index is -0.280. The molecule has 0 heterocycles. The first-order valence-corrected chi connectivity index (χ1v) is 6.46. The van der Waals surface area contributed by atoms with Gasteiger partial charge < -0.3 is 5.73 Å². The molecule has 1 aliphatic carbocycles. The number of hydrogen-bond acceptors (Lipinski definition) is 1. The molecule has 92 valence electrons. The third-order valence-electron chi connectivity index (χ3n) is 3.94. The Balaban J connectivity index is 2.06. The number of nitrogens with two attached hydrogens (primary N) is 1. The van der Waals surface area contributed by atoms with Crippen LogP contribution in [-0.4, -0.2) is 5.91 Å². The van der Waals surface area contributed by atoms with Gasteiger partial charge in [0.05, 0.1) is 6.42 Å². The van der Waals surface area contributed by atoms with Crippen LogP contribution in [0.25, 0.3) is 21.5 Å². The van der Waals surface area contributed by atoms with Crippen molar-refractivity contribution in [3.05, 3.63) is 59.2 Å². The summed E-state index contributed by atoms with van der Waals surface area (Å²) < 4.78 is 0. The second kappa shape index (κ2) is 3.58. The summed E-state index contributed by atoms with van der Waals surface area (Å²) in [6, 6.07) is 15.2. The summed E-state index contributed by atoms with van der Waals surface area (Å²) in [5, 5.41) is 5.13. The van der Waals surface area contributed by atoms with Gasteiger partial charge in [0.25, 0.3) is 0 Å². The predicted molar refractivity (Wildman–Crippen MR) is 77.2 cm³/mol. The highest BCUT2D eigenvalue weighted by molar-refractivity contribution is 6.10. The van der Waals surface area contributed by atoms with E-state index in [1.807, 2.05) is 6.07 Å². The van der Waals surface area contributed by atoms with Crippen LogP contribution < -0.4 is 5.73 Å². The molecule has 2 heteroatoms. The Kier molecular flexibility index (Phi) is 1.99. The number of hydrogen-bond donors (Lipinski definition) is 1. The van der Waals surface area contributed by atoms with Crippen LogP contribution in [0.15, 0.2) is 42.5 Å². The standard InChI is InChI=1S/C17H13NO/c18-17(19)8-11-2-4-15-14-3-1-10-5-12(14)9-13(6-10)16(15)7-11/h1-5,7,9H,6,8H2,(H2,18,19). The molecule has 0 saturated carbocycles. The predicted octanol–water partition coefficient (Wildman–Crippen LogP) is 2.93. The van der Waals surface area contributed by atoms with Gasteiger partial charge in [-0.3, -0.25) is 4.79 Å². The molecule has 1 amide bonds. The summed E-state index contributed by atoms with van der Waals surface area (Å²) in [5.41, 5.74) is 8.99. The third kappa shape index (κ3) is 1.53. The van der Waals surface area contributed by atoms with Crippen LogP contribution in [0, 0.1) is 0 Å². The van der Waals surface area contributed by atoms with Crippen molar-refractivity contribution in [1.29, 1.82) is 0 Å². The number of rotatable bonds is 2. The summed E-state index contributed by atoms with van der Waals surface area (Å²) in [6.45, 7) is 0. The van der Waals surface area contributed by atoms with E-state index in [2.05, 4.69) is 36.4 Å². The molecule has 2 N–H and O–H groups in total. The topological polar surface area (TPSA) is 43.1 Å². The number of amides is 1. The Bertz CT molecular complexity index is 849. The maximum Gasteiger partial charge on any atom is 0.221 e. The zero-order valence-corrected chi connectivity index (χ0v) is 10.4. The average Bonchev–Trinajstić information content (AvgIpc) is 2.37. The molecule has 0 saturated heterocycles. The van der Waals surface area contributed by atoms with Crippen LogP contribution >= 0.6 is 0 Å². The van der Waals surface area contributed by atoms with Crippen molar-refractivity contribution in [3.8, 4) is 0 Å². The molecule has 0 fully saturated rings. The first-order valence-electron chi connectivity index (χ1n) is 6.46. The SMILES string of the molecule is NC(=O)Cc1ccc2c(c1)c1cc3cc(ccc32)C1. The average molecular weight is 247 g/mol. The maximum absolute atomic E-state index is 11.1. The molecule has 2 nitrogen and oxygen atoms in total. The highest BCUT2D eigenvalue weighted by Crippen LogP contribution is 2.35. The molecule has 0 aromatic heterocycles. The molecule has 0 aliphatic heterocycles. The fourth-order valence-corrected chi connectivity index (χ4v) is 3.12. The Labute approximate surface area is 110 Å². The van der Waals surface area contributed by atoms with Crippen LogP contribution in [0.1, 0.15) is 16.7 Å². The van der Waals surface area contributed by atoms with Crippen LogP contribution in [0.4, 0.5) is 0 Å². The van der Waals surface area contributed by atoms with Gasteiger partial charge in [0.1, 0.15) is 0 Å². The molecule has 4 rings (SSSR count). The zero-order chi connectivity index (χ0) is 13.0. The number of carbonyl (C=O) groups is 1. The van der Waals surface area contributed by atoms with Crippen molar-refractivity contribution in [1.82, 2.24) is 0 Å². The molecule has 1 aliphatic rings. The molecule has 0 radical (unpaired) electrons. The van der Waals surface area contributed by atoms with Crippen LogP contribution in [0.2, 0.25) is 0 Å². The van der Waals surface area contributed by atoms with Gasteiger partial charge in [-0.2, -0.15) is 0 Å². The van der Waals surface area contributed by atoms with Gasteiger partial charge in [-0.25, -0.2) is 0 Å². The lowest BCUT2D eigenvalue weighted by molar-refractivity contribution is -0.117. The van der Waals surface area contributed by atoms with Crippen LogP contribution in [0.5, 0.6) is 0 Å². The molecule has 3 aromatic carbocycles. The molecular formula is C17H13NO. The number of primary amides is 1. The van der Waals surface area contributed by atoms with E-state index in [-0.39, 0.29) is 5.91 Å². The largest absolute Gasteiger partial charge is 0.369 e. The van der Waals surface area contributed by atoms with Gasteiger partial charge in [-0.05, 0) is 44.7 Å².